The number of amides is 1. The Balaban J connectivity index is 1.04. The molecule has 6 heteroatoms. The zero-order chi connectivity index (χ0) is 21.2. The third kappa shape index (κ3) is 4.62. The number of piperidine rings is 1. The Labute approximate surface area is 189 Å². The Morgan fingerprint density at radius 1 is 1.16 bits per heavy atom. The third-order valence-corrected chi connectivity index (χ3v) is 8.48. The SMILES string of the molecule is CC1CCCC2CC(OCCCN3CCN(c4cccc5sccc45)CC3)C(=O)NC12. The number of anilines is 1. The fourth-order valence-corrected chi connectivity index (χ4v) is 6.62. The van der Waals surface area contributed by atoms with Crippen molar-refractivity contribution in [3.8, 4) is 0 Å². The van der Waals surface area contributed by atoms with E-state index < -0.39 is 0 Å². The van der Waals surface area contributed by atoms with Crippen LogP contribution < -0.4 is 10.2 Å². The Kier molecular flexibility index (Phi) is 6.49. The van der Waals surface area contributed by atoms with Gasteiger partial charge in [-0.05, 0) is 61.1 Å². The maximum absolute atomic E-state index is 12.5. The predicted molar refractivity (Wildman–Crippen MR) is 128 cm³/mol. The number of nitrogens with zero attached hydrogens (tertiary/aromatic N) is 2. The van der Waals surface area contributed by atoms with E-state index in [9.17, 15) is 4.79 Å². The van der Waals surface area contributed by atoms with Gasteiger partial charge in [-0.15, -0.1) is 11.3 Å². The van der Waals surface area contributed by atoms with Crippen molar-refractivity contribution in [3.63, 3.8) is 0 Å². The number of thiophene rings is 1. The van der Waals surface area contributed by atoms with Crippen LogP contribution in [0.5, 0.6) is 0 Å². The van der Waals surface area contributed by atoms with E-state index in [1.807, 2.05) is 11.3 Å². The lowest BCUT2D eigenvalue weighted by Gasteiger charge is -2.42. The van der Waals surface area contributed by atoms with Gasteiger partial charge in [0.05, 0.1) is 0 Å². The lowest BCUT2D eigenvalue weighted by molar-refractivity contribution is -0.141. The minimum Gasteiger partial charge on any atom is -0.368 e. The van der Waals surface area contributed by atoms with Crippen LogP contribution >= 0.6 is 11.3 Å². The molecule has 1 aromatic heterocycles. The molecule has 3 aliphatic rings. The van der Waals surface area contributed by atoms with Crippen LogP contribution in [0.1, 0.15) is 39.0 Å². The van der Waals surface area contributed by atoms with Crippen molar-refractivity contribution in [1.82, 2.24) is 10.2 Å². The number of carbonyl (C=O) groups excluding carboxylic acids is 1. The quantitative estimate of drug-likeness (QED) is 0.685. The maximum Gasteiger partial charge on any atom is 0.249 e. The number of hydrogen-bond donors (Lipinski definition) is 1. The number of hydrogen-bond acceptors (Lipinski definition) is 5. The van der Waals surface area contributed by atoms with Gasteiger partial charge in [0.15, 0.2) is 0 Å². The summed E-state index contributed by atoms with van der Waals surface area (Å²) in [7, 11) is 0. The molecule has 4 unspecified atom stereocenters. The number of nitrogens with one attached hydrogen (secondary N) is 1. The summed E-state index contributed by atoms with van der Waals surface area (Å²) in [5.41, 5.74) is 1.38. The van der Waals surface area contributed by atoms with E-state index in [0.717, 1.165) is 45.6 Å². The minimum absolute atomic E-state index is 0.117. The molecule has 5 rings (SSSR count). The van der Waals surface area contributed by atoms with Gasteiger partial charge in [0.2, 0.25) is 5.91 Å². The van der Waals surface area contributed by atoms with E-state index in [4.69, 9.17) is 4.74 Å². The first-order valence-electron chi connectivity index (χ1n) is 12.0. The van der Waals surface area contributed by atoms with Gasteiger partial charge in [0.1, 0.15) is 6.10 Å². The molecule has 0 bridgehead atoms. The van der Waals surface area contributed by atoms with Crippen molar-refractivity contribution in [2.24, 2.45) is 11.8 Å². The van der Waals surface area contributed by atoms with E-state index in [-0.39, 0.29) is 12.0 Å². The Morgan fingerprint density at radius 3 is 2.90 bits per heavy atom. The van der Waals surface area contributed by atoms with Crippen LogP contribution in [0.15, 0.2) is 29.6 Å². The van der Waals surface area contributed by atoms with E-state index in [0.29, 0.717) is 24.5 Å². The first-order valence-corrected chi connectivity index (χ1v) is 12.9. The monoisotopic (exact) mass is 441 g/mol. The molecule has 5 nitrogen and oxygen atoms in total. The van der Waals surface area contributed by atoms with Crippen LogP contribution in [0, 0.1) is 11.8 Å². The fourth-order valence-electron chi connectivity index (χ4n) is 5.81. The molecule has 2 saturated heterocycles. The summed E-state index contributed by atoms with van der Waals surface area (Å²) < 4.78 is 7.43. The topological polar surface area (TPSA) is 44.8 Å². The second kappa shape index (κ2) is 9.47. The van der Waals surface area contributed by atoms with Crippen LogP contribution in [0.25, 0.3) is 10.1 Å². The molecular weight excluding hydrogens is 406 g/mol. The Hall–Kier alpha value is -1.63. The largest absolute Gasteiger partial charge is 0.368 e. The number of ether oxygens (including phenoxy) is 1. The summed E-state index contributed by atoms with van der Waals surface area (Å²) in [6, 6.07) is 9.26. The van der Waals surface area contributed by atoms with E-state index >= 15 is 0 Å². The lowest BCUT2D eigenvalue weighted by atomic mass is 9.73. The molecule has 1 amide bonds. The molecule has 1 aliphatic carbocycles. The molecule has 2 aliphatic heterocycles. The van der Waals surface area contributed by atoms with Gasteiger partial charge in [0, 0.05) is 61.1 Å². The van der Waals surface area contributed by atoms with Crippen molar-refractivity contribution >= 4 is 33.0 Å². The Morgan fingerprint density at radius 2 is 2.03 bits per heavy atom. The number of piperazine rings is 1. The highest BCUT2D eigenvalue weighted by Gasteiger charge is 2.40. The number of benzene rings is 1. The average Bonchev–Trinajstić information content (AvgIpc) is 3.27. The number of rotatable bonds is 6. The first kappa shape index (κ1) is 21.2. The van der Waals surface area contributed by atoms with Crippen molar-refractivity contribution in [2.75, 3.05) is 44.2 Å². The molecule has 2 aromatic rings. The minimum atomic E-state index is -0.241. The van der Waals surface area contributed by atoms with Crippen LogP contribution in [0.2, 0.25) is 0 Å². The third-order valence-electron chi connectivity index (χ3n) is 7.60. The zero-order valence-corrected chi connectivity index (χ0v) is 19.4. The maximum atomic E-state index is 12.5. The van der Waals surface area contributed by atoms with Gasteiger partial charge in [-0.3, -0.25) is 9.69 Å². The number of fused-ring (bicyclic) bond motifs is 2. The van der Waals surface area contributed by atoms with Crippen molar-refractivity contribution in [3.05, 3.63) is 29.6 Å². The van der Waals surface area contributed by atoms with E-state index in [2.05, 4.69) is 51.7 Å². The fraction of sp³-hybridized carbons (Fsp3) is 0.640. The smallest absolute Gasteiger partial charge is 0.249 e. The van der Waals surface area contributed by atoms with E-state index in [1.165, 1.54) is 35.0 Å². The zero-order valence-electron chi connectivity index (χ0n) is 18.6. The molecule has 4 atom stereocenters. The molecule has 1 N–H and O–H groups in total. The molecule has 3 fully saturated rings. The summed E-state index contributed by atoms with van der Waals surface area (Å²) >= 11 is 1.82. The molecule has 0 spiro atoms. The van der Waals surface area contributed by atoms with Crippen LogP contribution in [0.3, 0.4) is 0 Å². The highest BCUT2D eigenvalue weighted by Crippen LogP contribution is 2.35. The van der Waals surface area contributed by atoms with Crippen LogP contribution in [-0.2, 0) is 9.53 Å². The molecule has 0 radical (unpaired) electrons. The summed E-state index contributed by atoms with van der Waals surface area (Å²) in [5, 5.41) is 6.83. The predicted octanol–water partition coefficient (Wildman–Crippen LogP) is 4.12. The molecule has 1 saturated carbocycles. The highest BCUT2D eigenvalue weighted by molar-refractivity contribution is 7.17. The second-order valence-electron chi connectivity index (χ2n) is 9.59. The highest BCUT2D eigenvalue weighted by atomic mass is 32.1. The summed E-state index contributed by atoms with van der Waals surface area (Å²) in [4.78, 5) is 17.5. The first-order chi connectivity index (χ1) is 15.2. The lowest BCUT2D eigenvalue weighted by Crippen LogP contribution is -2.56. The standard InChI is InChI=1S/C25H35N3O2S/c1-18-5-2-6-19-17-22(25(29)26-24(18)19)30-15-4-10-27-11-13-28(14-12-27)21-7-3-8-23-20(21)9-16-31-23/h3,7-9,16,18-19,22,24H,2,4-6,10-15,17H2,1H3,(H,26,29). The van der Waals surface area contributed by atoms with Crippen molar-refractivity contribution in [2.45, 2.75) is 51.2 Å². The number of carbonyl (C=O) groups is 1. The van der Waals surface area contributed by atoms with Crippen LogP contribution in [0.4, 0.5) is 5.69 Å². The van der Waals surface area contributed by atoms with Crippen molar-refractivity contribution < 1.29 is 9.53 Å². The molecule has 3 heterocycles. The second-order valence-corrected chi connectivity index (χ2v) is 10.5. The van der Waals surface area contributed by atoms with Gasteiger partial charge in [-0.25, -0.2) is 0 Å². The Bertz CT molecular complexity index is 892. The average molecular weight is 442 g/mol. The molecule has 31 heavy (non-hydrogen) atoms. The normalized spacial score (nSPS) is 29.7. The summed E-state index contributed by atoms with van der Waals surface area (Å²) in [5.74, 6) is 1.33. The van der Waals surface area contributed by atoms with Gasteiger partial charge in [0.25, 0.3) is 0 Å². The molecule has 1 aromatic carbocycles. The molecule has 168 valence electrons. The van der Waals surface area contributed by atoms with Gasteiger partial charge < -0.3 is 15.0 Å². The van der Waals surface area contributed by atoms with Gasteiger partial charge in [-0.1, -0.05) is 19.4 Å². The molecular formula is C25H35N3O2S. The summed E-state index contributed by atoms with van der Waals surface area (Å²) in [6.45, 7) is 8.33. The van der Waals surface area contributed by atoms with Gasteiger partial charge in [-0.2, -0.15) is 0 Å². The summed E-state index contributed by atoms with van der Waals surface area (Å²) in [6.07, 6.45) is 5.43. The van der Waals surface area contributed by atoms with Crippen molar-refractivity contribution in [1.29, 1.82) is 0 Å². The van der Waals surface area contributed by atoms with Gasteiger partial charge >= 0.3 is 0 Å². The van der Waals surface area contributed by atoms with E-state index in [1.54, 1.807) is 0 Å². The van der Waals surface area contributed by atoms with Crippen LogP contribution in [-0.4, -0.2) is 62.3 Å².